The molecule has 5 nitrogen and oxygen atoms in total. The first-order valence-electron chi connectivity index (χ1n) is 8.69. The van der Waals surface area contributed by atoms with Gasteiger partial charge in [0.05, 0.1) is 0 Å². The molecular weight excluding hydrogens is 324 g/mol. The first-order chi connectivity index (χ1) is 12.8. The first-order valence-corrected chi connectivity index (χ1v) is 8.69. The standard InChI is InChI=1S/C21H20N4O/c1-2-22-21-24-18-10-8-16(14-19(18)26-21)9-11-20-23-12-13-25(20)15-17-6-4-3-5-7-17/h3-14H,2,15H2,1H3,(H,22,24)/b11-9+. The molecule has 5 heteroatoms. The fraction of sp³-hybridized carbons (Fsp3) is 0.143. The van der Waals surface area contributed by atoms with Crippen molar-refractivity contribution in [3.8, 4) is 0 Å². The van der Waals surface area contributed by atoms with Crippen molar-refractivity contribution in [1.82, 2.24) is 14.5 Å². The molecule has 4 rings (SSSR count). The number of anilines is 1. The Balaban J connectivity index is 1.55. The lowest BCUT2D eigenvalue weighted by molar-refractivity contribution is 0.616. The summed E-state index contributed by atoms with van der Waals surface area (Å²) < 4.78 is 7.84. The van der Waals surface area contributed by atoms with Crippen LogP contribution in [0.25, 0.3) is 23.3 Å². The van der Waals surface area contributed by atoms with E-state index in [4.69, 9.17) is 4.42 Å². The van der Waals surface area contributed by atoms with E-state index in [1.54, 1.807) is 0 Å². The quantitative estimate of drug-likeness (QED) is 0.552. The summed E-state index contributed by atoms with van der Waals surface area (Å²) in [5, 5.41) is 3.09. The molecule has 2 heterocycles. The van der Waals surface area contributed by atoms with Gasteiger partial charge in [0, 0.05) is 25.5 Å². The van der Waals surface area contributed by atoms with Crippen molar-refractivity contribution in [1.29, 1.82) is 0 Å². The highest BCUT2D eigenvalue weighted by Crippen LogP contribution is 2.21. The van der Waals surface area contributed by atoms with Crippen LogP contribution in [-0.4, -0.2) is 21.1 Å². The maximum Gasteiger partial charge on any atom is 0.295 e. The largest absolute Gasteiger partial charge is 0.424 e. The van der Waals surface area contributed by atoms with Crippen LogP contribution in [0.1, 0.15) is 23.9 Å². The van der Waals surface area contributed by atoms with Crippen LogP contribution >= 0.6 is 0 Å². The second-order valence-electron chi connectivity index (χ2n) is 6.01. The second-order valence-corrected chi connectivity index (χ2v) is 6.01. The predicted octanol–water partition coefficient (Wildman–Crippen LogP) is 4.67. The number of nitrogens with one attached hydrogen (secondary N) is 1. The van der Waals surface area contributed by atoms with Gasteiger partial charge in [-0.15, -0.1) is 0 Å². The van der Waals surface area contributed by atoms with Crippen LogP contribution in [0.3, 0.4) is 0 Å². The molecule has 0 atom stereocenters. The van der Waals surface area contributed by atoms with E-state index in [1.165, 1.54) is 5.56 Å². The maximum atomic E-state index is 5.71. The molecule has 0 amide bonds. The number of nitrogens with zero attached hydrogens (tertiary/aromatic N) is 3. The third kappa shape index (κ3) is 3.52. The Morgan fingerprint density at radius 2 is 2.00 bits per heavy atom. The molecule has 0 aliphatic carbocycles. The normalized spacial score (nSPS) is 11.4. The third-order valence-corrected chi connectivity index (χ3v) is 4.11. The number of imidazole rings is 1. The number of hydrogen-bond donors (Lipinski definition) is 1. The summed E-state index contributed by atoms with van der Waals surface area (Å²) in [6, 6.07) is 16.9. The molecule has 26 heavy (non-hydrogen) atoms. The van der Waals surface area contributed by atoms with Gasteiger partial charge in [0.15, 0.2) is 5.58 Å². The number of oxazole rings is 1. The van der Waals surface area contributed by atoms with Crippen molar-refractivity contribution < 1.29 is 4.42 Å². The number of aromatic nitrogens is 3. The van der Waals surface area contributed by atoms with E-state index in [9.17, 15) is 0 Å². The lowest BCUT2D eigenvalue weighted by atomic mass is 10.2. The van der Waals surface area contributed by atoms with Crippen LogP contribution in [0.2, 0.25) is 0 Å². The summed E-state index contributed by atoms with van der Waals surface area (Å²) >= 11 is 0. The topological polar surface area (TPSA) is 55.9 Å². The van der Waals surface area contributed by atoms with E-state index in [0.29, 0.717) is 6.01 Å². The van der Waals surface area contributed by atoms with Gasteiger partial charge in [0.2, 0.25) is 0 Å². The van der Waals surface area contributed by atoms with Gasteiger partial charge in [-0.3, -0.25) is 0 Å². The Labute approximate surface area is 152 Å². The Hall–Kier alpha value is -3.34. The summed E-state index contributed by atoms with van der Waals surface area (Å²) in [4.78, 5) is 8.84. The van der Waals surface area contributed by atoms with Gasteiger partial charge in [-0.05, 0) is 36.3 Å². The van der Waals surface area contributed by atoms with E-state index in [-0.39, 0.29) is 0 Å². The van der Waals surface area contributed by atoms with Crippen LogP contribution in [0.4, 0.5) is 6.01 Å². The Bertz CT molecular complexity index is 1030. The molecule has 0 spiro atoms. The number of hydrogen-bond acceptors (Lipinski definition) is 4. The molecule has 4 aromatic rings. The van der Waals surface area contributed by atoms with Crippen molar-refractivity contribution in [2.45, 2.75) is 13.5 Å². The van der Waals surface area contributed by atoms with Crippen LogP contribution in [0.5, 0.6) is 0 Å². The molecule has 0 bridgehead atoms. The highest BCUT2D eigenvalue weighted by atomic mass is 16.4. The van der Waals surface area contributed by atoms with Crippen LogP contribution in [0, 0.1) is 0 Å². The summed E-state index contributed by atoms with van der Waals surface area (Å²) in [7, 11) is 0. The molecule has 0 unspecified atom stereocenters. The minimum Gasteiger partial charge on any atom is -0.424 e. The third-order valence-electron chi connectivity index (χ3n) is 4.11. The lowest BCUT2D eigenvalue weighted by Gasteiger charge is -2.05. The van der Waals surface area contributed by atoms with Gasteiger partial charge in [0.25, 0.3) is 6.01 Å². The molecule has 0 fully saturated rings. The smallest absolute Gasteiger partial charge is 0.295 e. The summed E-state index contributed by atoms with van der Waals surface area (Å²) in [6.45, 7) is 3.60. The minimum absolute atomic E-state index is 0.557. The van der Waals surface area contributed by atoms with Crippen LogP contribution in [0.15, 0.2) is 65.3 Å². The number of rotatable bonds is 6. The van der Waals surface area contributed by atoms with Gasteiger partial charge in [0.1, 0.15) is 11.3 Å². The molecule has 130 valence electrons. The molecule has 0 aliphatic heterocycles. The molecule has 0 saturated heterocycles. The zero-order valence-electron chi connectivity index (χ0n) is 14.6. The Morgan fingerprint density at radius 3 is 2.85 bits per heavy atom. The molecule has 0 saturated carbocycles. The Morgan fingerprint density at radius 1 is 1.12 bits per heavy atom. The Kier molecular flexibility index (Phi) is 4.51. The summed E-state index contributed by atoms with van der Waals surface area (Å²) in [5.74, 6) is 0.917. The average Bonchev–Trinajstić information content (AvgIpc) is 3.27. The van der Waals surface area contributed by atoms with Crippen LogP contribution < -0.4 is 5.32 Å². The minimum atomic E-state index is 0.557. The fourth-order valence-corrected chi connectivity index (χ4v) is 2.84. The zero-order valence-corrected chi connectivity index (χ0v) is 14.6. The SMILES string of the molecule is CCNc1nc2ccc(/C=C/c3nccn3Cc3ccccc3)cc2o1. The first kappa shape index (κ1) is 16.1. The van der Waals surface area contributed by atoms with Crippen molar-refractivity contribution >= 4 is 29.3 Å². The second kappa shape index (κ2) is 7.27. The summed E-state index contributed by atoms with van der Waals surface area (Å²) in [5.41, 5.74) is 3.92. The van der Waals surface area contributed by atoms with E-state index in [1.807, 2.05) is 55.7 Å². The highest BCUT2D eigenvalue weighted by molar-refractivity contribution is 5.79. The highest BCUT2D eigenvalue weighted by Gasteiger charge is 2.05. The summed E-state index contributed by atoms with van der Waals surface area (Å²) in [6.07, 6.45) is 7.88. The maximum absolute atomic E-state index is 5.71. The molecule has 0 aliphatic rings. The molecule has 0 radical (unpaired) electrons. The van der Waals surface area contributed by atoms with Crippen molar-refractivity contribution in [3.63, 3.8) is 0 Å². The fourth-order valence-electron chi connectivity index (χ4n) is 2.84. The number of benzene rings is 2. The van der Waals surface area contributed by atoms with E-state index < -0.39 is 0 Å². The average molecular weight is 344 g/mol. The van der Waals surface area contributed by atoms with Crippen molar-refractivity contribution in [2.75, 3.05) is 11.9 Å². The molecule has 1 N–H and O–H groups in total. The van der Waals surface area contributed by atoms with Crippen molar-refractivity contribution in [2.24, 2.45) is 0 Å². The van der Waals surface area contributed by atoms with E-state index in [2.05, 4.69) is 44.1 Å². The monoisotopic (exact) mass is 344 g/mol. The van der Waals surface area contributed by atoms with Gasteiger partial charge >= 0.3 is 0 Å². The molecule has 2 aromatic carbocycles. The van der Waals surface area contributed by atoms with Crippen LogP contribution in [-0.2, 0) is 6.54 Å². The van der Waals surface area contributed by atoms with E-state index in [0.717, 1.165) is 35.6 Å². The van der Waals surface area contributed by atoms with Crippen molar-refractivity contribution in [3.05, 3.63) is 77.9 Å². The number of fused-ring (bicyclic) bond motifs is 1. The zero-order chi connectivity index (χ0) is 17.8. The predicted molar refractivity (Wildman–Crippen MR) is 105 cm³/mol. The van der Waals surface area contributed by atoms with E-state index >= 15 is 0 Å². The van der Waals surface area contributed by atoms with Gasteiger partial charge in [-0.1, -0.05) is 42.5 Å². The van der Waals surface area contributed by atoms with Gasteiger partial charge < -0.3 is 14.3 Å². The molecule has 2 aromatic heterocycles. The van der Waals surface area contributed by atoms with Gasteiger partial charge in [-0.25, -0.2) is 4.98 Å². The lowest BCUT2D eigenvalue weighted by Crippen LogP contribution is -2.00. The van der Waals surface area contributed by atoms with Gasteiger partial charge in [-0.2, -0.15) is 4.98 Å². The molecular formula is C21H20N4O.